The van der Waals surface area contributed by atoms with E-state index in [1.807, 2.05) is 72.1 Å². The zero-order valence-corrected chi connectivity index (χ0v) is 19.9. The molecule has 0 aromatic heterocycles. The molecule has 0 spiro atoms. The minimum absolute atomic E-state index is 0.0767. The summed E-state index contributed by atoms with van der Waals surface area (Å²) >= 11 is 3.96. The van der Waals surface area contributed by atoms with Gasteiger partial charge in [-0.1, -0.05) is 74.5 Å². The summed E-state index contributed by atoms with van der Waals surface area (Å²) in [6, 6.07) is 20.3. The maximum Gasteiger partial charge on any atom is 0.184 e. The summed E-state index contributed by atoms with van der Waals surface area (Å²) in [5.41, 5.74) is 2.07. The lowest BCUT2D eigenvalue weighted by molar-refractivity contribution is -0.361. The largest absolute Gasteiger partial charge is 0.346 e. The molecule has 2 fully saturated rings. The van der Waals surface area contributed by atoms with Gasteiger partial charge >= 0.3 is 0 Å². The highest BCUT2D eigenvalue weighted by Gasteiger charge is 2.48. The van der Waals surface area contributed by atoms with Gasteiger partial charge in [0.2, 0.25) is 0 Å². The SMILES string of the molecule is CCCSC(SCCC)[C@@H]1O[C@@H](c2ccccc2)O[C@@H]2CO[C@H](c3ccccc3)O[C@@H]21. The molecule has 0 bridgehead atoms. The van der Waals surface area contributed by atoms with Crippen molar-refractivity contribution in [3.05, 3.63) is 71.8 Å². The molecule has 2 aliphatic heterocycles. The average Bonchev–Trinajstić information content (AvgIpc) is 2.84. The Morgan fingerprint density at radius 1 is 0.774 bits per heavy atom. The minimum atomic E-state index is -0.403. The van der Waals surface area contributed by atoms with Crippen LogP contribution in [0.1, 0.15) is 50.4 Å². The first-order chi connectivity index (χ1) is 15.3. The Labute approximate surface area is 194 Å². The molecular formula is C25H32O4S2. The predicted octanol–water partition coefficient (Wildman–Crippen LogP) is 6.20. The molecule has 168 valence electrons. The topological polar surface area (TPSA) is 36.9 Å². The van der Waals surface area contributed by atoms with Crippen LogP contribution in [-0.4, -0.2) is 41.0 Å². The van der Waals surface area contributed by atoms with Crippen molar-refractivity contribution in [1.29, 1.82) is 0 Å². The monoisotopic (exact) mass is 460 g/mol. The molecule has 2 aromatic carbocycles. The quantitative estimate of drug-likeness (QED) is 0.415. The molecule has 0 unspecified atom stereocenters. The zero-order valence-electron chi connectivity index (χ0n) is 18.2. The summed E-state index contributed by atoms with van der Waals surface area (Å²) in [7, 11) is 0. The van der Waals surface area contributed by atoms with Crippen molar-refractivity contribution in [3.8, 4) is 0 Å². The first-order valence-electron chi connectivity index (χ1n) is 11.2. The van der Waals surface area contributed by atoms with E-state index in [1.165, 1.54) is 0 Å². The highest BCUT2D eigenvalue weighted by molar-refractivity contribution is 8.17. The van der Waals surface area contributed by atoms with Crippen LogP contribution >= 0.6 is 23.5 Å². The van der Waals surface area contributed by atoms with Gasteiger partial charge in [0, 0.05) is 11.1 Å². The molecular weight excluding hydrogens is 428 g/mol. The van der Waals surface area contributed by atoms with E-state index >= 15 is 0 Å². The lowest BCUT2D eigenvalue weighted by Gasteiger charge is -2.48. The number of rotatable bonds is 9. The molecule has 0 aliphatic carbocycles. The molecule has 0 radical (unpaired) electrons. The van der Waals surface area contributed by atoms with Crippen LogP contribution in [0.2, 0.25) is 0 Å². The highest BCUT2D eigenvalue weighted by atomic mass is 32.2. The Balaban J connectivity index is 1.58. The van der Waals surface area contributed by atoms with Gasteiger partial charge in [0.05, 0.1) is 11.2 Å². The first kappa shape index (κ1) is 23.1. The number of hydrogen-bond acceptors (Lipinski definition) is 6. The van der Waals surface area contributed by atoms with Crippen LogP contribution in [0.4, 0.5) is 0 Å². The van der Waals surface area contributed by atoms with Crippen molar-refractivity contribution in [2.24, 2.45) is 0 Å². The number of thioether (sulfide) groups is 2. The van der Waals surface area contributed by atoms with Crippen molar-refractivity contribution in [3.63, 3.8) is 0 Å². The van der Waals surface area contributed by atoms with Crippen LogP contribution in [0.5, 0.6) is 0 Å². The highest BCUT2D eigenvalue weighted by Crippen LogP contribution is 2.43. The number of ether oxygens (including phenoxy) is 4. The molecule has 0 amide bonds. The van der Waals surface area contributed by atoms with Crippen LogP contribution in [0.15, 0.2) is 60.7 Å². The fourth-order valence-corrected chi connectivity index (χ4v) is 6.56. The van der Waals surface area contributed by atoms with E-state index in [-0.39, 0.29) is 22.9 Å². The smallest absolute Gasteiger partial charge is 0.184 e. The normalized spacial score (nSPS) is 28.4. The van der Waals surface area contributed by atoms with Gasteiger partial charge in [-0.3, -0.25) is 0 Å². The molecule has 2 saturated heterocycles. The van der Waals surface area contributed by atoms with Crippen molar-refractivity contribution in [2.75, 3.05) is 18.1 Å². The Kier molecular flexibility index (Phi) is 8.76. The van der Waals surface area contributed by atoms with E-state index in [0.717, 1.165) is 35.5 Å². The van der Waals surface area contributed by atoms with Gasteiger partial charge in [-0.15, -0.1) is 23.5 Å². The van der Waals surface area contributed by atoms with E-state index < -0.39 is 12.6 Å². The fourth-order valence-electron chi connectivity index (χ4n) is 3.84. The predicted molar refractivity (Wildman–Crippen MR) is 128 cm³/mol. The molecule has 4 nitrogen and oxygen atoms in total. The third-order valence-electron chi connectivity index (χ3n) is 5.35. The first-order valence-corrected chi connectivity index (χ1v) is 13.3. The molecule has 2 aliphatic rings. The fraction of sp³-hybridized carbons (Fsp3) is 0.520. The summed E-state index contributed by atoms with van der Waals surface area (Å²) < 4.78 is 25.9. The van der Waals surface area contributed by atoms with Crippen LogP contribution in [-0.2, 0) is 18.9 Å². The molecule has 2 aromatic rings. The number of fused-ring (bicyclic) bond motifs is 1. The maximum atomic E-state index is 6.64. The Bertz CT molecular complexity index is 768. The van der Waals surface area contributed by atoms with Crippen LogP contribution in [0.25, 0.3) is 0 Å². The molecule has 0 saturated carbocycles. The van der Waals surface area contributed by atoms with Crippen molar-refractivity contribution < 1.29 is 18.9 Å². The Hall–Kier alpha value is -1.02. The van der Waals surface area contributed by atoms with Crippen molar-refractivity contribution in [2.45, 2.75) is 62.2 Å². The third-order valence-corrected chi connectivity index (χ3v) is 8.64. The zero-order chi connectivity index (χ0) is 21.5. The summed E-state index contributed by atoms with van der Waals surface area (Å²) in [5, 5.41) is 0. The summed E-state index contributed by atoms with van der Waals surface area (Å²) in [5.74, 6) is 2.21. The molecule has 5 atom stereocenters. The lowest BCUT2D eigenvalue weighted by Crippen LogP contribution is -2.56. The lowest BCUT2D eigenvalue weighted by atomic mass is 10.0. The van der Waals surface area contributed by atoms with Crippen molar-refractivity contribution in [1.82, 2.24) is 0 Å². The number of benzene rings is 2. The van der Waals surface area contributed by atoms with Gasteiger partial charge in [-0.05, 0) is 24.3 Å². The second-order valence-corrected chi connectivity index (χ2v) is 10.6. The standard InChI is InChI=1S/C25H32O4S2/c1-3-15-30-25(31-16-4-2)22-21-20(27-24(29-22)19-13-9-6-10-14-19)17-26-23(28-21)18-11-7-5-8-12-18/h5-14,20-25H,3-4,15-17H2,1-2H3/t20-,21+,22-,23+,24+/m1/s1. The molecule has 4 rings (SSSR count). The molecule has 31 heavy (non-hydrogen) atoms. The van der Waals surface area contributed by atoms with Gasteiger partial charge in [-0.2, -0.15) is 0 Å². The van der Waals surface area contributed by atoms with E-state index in [4.69, 9.17) is 18.9 Å². The van der Waals surface area contributed by atoms with Gasteiger partial charge < -0.3 is 18.9 Å². The molecule has 6 heteroatoms. The second kappa shape index (κ2) is 11.7. The third kappa shape index (κ3) is 5.86. The van der Waals surface area contributed by atoms with Crippen molar-refractivity contribution >= 4 is 23.5 Å². The van der Waals surface area contributed by atoms with Crippen LogP contribution in [0, 0.1) is 0 Å². The summed E-state index contributed by atoms with van der Waals surface area (Å²) in [4.78, 5) is 0. The Morgan fingerprint density at radius 2 is 1.35 bits per heavy atom. The second-order valence-electron chi connectivity index (χ2n) is 7.80. The number of hydrogen-bond donors (Lipinski definition) is 0. The van der Waals surface area contributed by atoms with Gasteiger partial charge in [0.1, 0.15) is 18.3 Å². The van der Waals surface area contributed by atoms with E-state index in [9.17, 15) is 0 Å². The van der Waals surface area contributed by atoms with Gasteiger partial charge in [0.25, 0.3) is 0 Å². The minimum Gasteiger partial charge on any atom is -0.346 e. The summed E-state index contributed by atoms with van der Waals surface area (Å²) in [6.45, 7) is 4.95. The van der Waals surface area contributed by atoms with E-state index in [2.05, 4.69) is 26.0 Å². The Morgan fingerprint density at radius 3 is 1.94 bits per heavy atom. The van der Waals surface area contributed by atoms with Crippen LogP contribution in [0.3, 0.4) is 0 Å². The maximum absolute atomic E-state index is 6.64. The average molecular weight is 461 g/mol. The molecule has 2 heterocycles. The van der Waals surface area contributed by atoms with Crippen LogP contribution < -0.4 is 0 Å². The summed E-state index contributed by atoms with van der Waals surface area (Å²) in [6.07, 6.45) is 1.09. The van der Waals surface area contributed by atoms with Gasteiger partial charge in [0.15, 0.2) is 12.6 Å². The van der Waals surface area contributed by atoms with E-state index in [0.29, 0.717) is 6.61 Å². The molecule has 0 N–H and O–H groups in total. The van der Waals surface area contributed by atoms with Gasteiger partial charge in [-0.25, -0.2) is 0 Å². The van der Waals surface area contributed by atoms with E-state index in [1.54, 1.807) is 0 Å².